The van der Waals surface area contributed by atoms with Gasteiger partial charge in [-0.2, -0.15) is 0 Å². The topological polar surface area (TPSA) is 38.9 Å². The summed E-state index contributed by atoms with van der Waals surface area (Å²) >= 11 is 0. The molecule has 2 heteroatoms. The van der Waals surface area contributed by atoms with Gasteiger partial charge in [-0.25, -0.2) is 0 Å². The van der Waals surface area contributed by atoms with E-state index >= 15 is 0 Å². The summed E-state index contributed by atoms with van der Waals surface area (Å²) in [6, 6.07) is 13.4. The quantitative estimate of drug-likeness (QED) is 0.903. The monoisotopic (exact) mass is 280 g/mol. The molecule has 1 aromatic heterocycles. The number of pyridine rings is 1. The first-order valence-electron chi connectivity index (χ1n) is 8.05. The Hall–Kier alpha value is -1.67. The van der Waals surface area contributed by atoms with Crippen molar-refractivity contribution in [3.05, 3.63) is 65.5 Å². The van der Waals surface area contributed by atoms with Gasteiger partial charge in [-0.15, -0.1) is 0 Å². The first-order valence-corrected chi connectivity index (χ1v) is 8.05. The average Bonchev–Trinajstić information content (AvgIpc) is 2.54. The van der Waals surface area contributed by atoms with Crippen LogP contribution in [0.4, 0.5) is 0 Å². The van der Waals surface area contributed by atoms with Crippen molar-refractivity contribution < 1.29 is 0 Å². The second kappa shape index (κ2) is 6.86. The number of fused-ring (bicyclic) bond motifs is 1. The van der Waals surface area contributed by atoms with E-state index in [-0.39, 0.29) is 6.04 Å². The zero-order valence-electron chi connectivity index (χ0n) is 12.5. The molecule has 2 atom stereocenters. The molecule has 2 unspecified atom stereocenters. The van der Waals surface area contributed by atoms with Crippen LogP contribution in [0.2, 0.25) is 0 Å². The van der Waals surface area contributed by atoms with Gasteiger partial charge < -0.3 is 5.73 Å². The van der Waals surface area contributed by atoms with Crippen LogP contribution >= 0.6 is 0 Å². The normalized spacial score (nSPS) is 19.0. The van der Waals surface area contributed by atoms with Crippen molar-refractivity contribution in [2.75, 3.05) is 0 Å². The van der Waals surface area contributed by atoms with Crippen molar-refractivity contribution in [2.45, 2.75) is 50.5 Å². The van der Waals surface area contributed by atoms with Crippen LogP contribution in [0.3, 0.4) is 0 Å². The number of benzene rings is 1. The third-order valence-corrected chi connectivity index (χ3v) is 4.63. The molecule has 1 heterocycles. The molecule has 0 amide bonds. The van der Waals surface area contributed by atoms with E-state index in [2.05, 4.69) is 41.4 Å². The second-order valence-corrected chi connectivity index (χ2v) is 6.18. The Balaban J connectivity index is 1.57. The van der Waals surface area contributed by atoms with Crippen molar-refractivity contribution in [3.8, 4) is 0 Å². The summed E-state index contributed by atoms with van der Waals surface area (Å²) in [6.45, 7) is 0. The minimum absolute atomic E-state index is 0.286. The Morgan fingerprint density at radius 3 is 2.81 bits per heavy atom. The van der Waals surface area contributed by atoms with Gasteiger partial charge in [-0.3, -0.25) is 4.98 Å². The standard InChI is InChI=1S/C19H24N2/c20-18(9-8-15-10-12-21-13-11-15)14-17-6-3-5-16-4-1-2-7-19(16)17/h1-2,4,7,10-13,17-18H,3,5-6,8-9,14,20H2. The molecule has 0 spiro atoms. The smallest absolute Gasteiger partial charge is 0.0270 e. The van der Waals surface area contributed by atoms with Gasteiger partial charge in [0.2, 0.25) is 0 Å². The zero-order valence-corrected chi connectivity index (χ0v) is 12.5. The molecule has 3 rings (SSSR count). The molecule has 0 fully saturated rings. The van der Waals surface area contributed by atoms with E-state index in [4.69, 9.17) is 5.73 Å². The molecule has 1 aliphatic carbocycles. The van der Waals surface area contributed by atoms with Gasteiger partial charge in [0, 0.05) is 18.4 Å². The average molecular weight is 280 g/mol. The molecule has 1 aliphatic rings. The van der Waals surface area contributed by atoms with Gasteiger partial charge in [0.15, 0.2) is 0 Å². The molecule has 0 saturated carbocycles. The first kappa shape index (κ1) is 14.3. The minimum atomic E-state index is 0.286. The molecule has 2 nitrogen and oxygen atoms in total. The van der Waals surface area contributed by atoms with Crippen LogP contribution in [0.1, 0.15) is 48.3 Å². The molecular formula is C19H24N2. The highest BCUT2D eigenvalue weighted by Gasteiger charge is 2.21. The Morgan fingerprint density at radius 2 is 1.95 bits per heavy atom. The maximum absolute atomic E-state index is 6.39. The summed E-state index contributed by atoms with van der Waals surface area (Å²) in [7, 11) is 0. The molecule has 0 saturated heterocycles. The Bertz CT molecular complexity index is 565. The van der Waals surface area contributed by atoms with E-state index in [9.17, 15) is 0 Å². The van der Waals surface area contributed by atoms with Gasteiger partial charge >= 0.3 is 0 Å². The fourth-order valence-corrected chi connectivity index (χ4v) is 3.48. The maximum Gasteiger partial charge on any atom is 0.0270 e. The van der Waals surface area contributed by atoms with Crippen molar-refractivity contribution in [1.29, 1.82) is 0 Å². The highest BCUT2D eigenvalue weighted by Crippen LogP contribution is 2.34. The maximum atomic E-state index is 6.39. The summed E-state index contributed by atoms with van der Waals surface area (Å²) in [6.07, 6.45) is 10.8. The second-order valence-electron chi connectivity index (χ2n) is 6.18. The summed E-state index contributed by atoms with van der Waals surface area (Å²) in [5.41, 5.74) is 10.8. The molecule has 1 aromatic carbocycles. The lowest BCUT2D eigenvalue weighted by Crippen LogP contribution is -2.25. The molecule has 2 aromatic rings. The van der Waals surface area contributed by atoms with Crippen LogP contribution in [0.5, 0.6) is 0 Å². The molecule has 0 radical (unpaired) electrons. The lowest BCUT2D eigenvalue weighted by molar-refractivity contribution is 0.452. The third-order valence-electron chi connectivity index (χ3n) is 4.63. The molecular weight excluding hydrogens is 256 g/mol. The number of nitrogens with two attached hydrogens (primary N) is 1. The Morgan fingerprint density at radius 1 is 1.14 bits per heavy atom. The van der Waals surface area contributed by atoms with Gasteiger partial charge in [0.05, 0.1) is 0 Å². The number of aryl methyl sites for hydroxylation is 2. The molecule has 2 N–H and O–H groups in total. The molecule has 0 bridgehead atoms. The summed E-state index contributed by atoms with van der Waals surface area (Å²) in [5.74, 6) is 0.655. The SMILES string of the molecule is NC(CCc1ccncc1)CC1CCCc2ccccc21. The van der Waals surface area contributed by atoms with E-state index in [0.29, 0.717) is 5.92 Å². The highest BCUT2D eigenvalue weighted by molar-refractivity contribution is 5.32. The minimum Gasteiger partial charge on any atom is -0.328 e. The highest BCUT2D eigenvalue weighted by atomic mass is 14.6. The predicted molar refractivity (Wildman–Crippen MR) is 87.3 cm³/mol. The zero-order chi connectivity index (χ0) is 14.5. The lowest BCUT2D eigenvalue weighted by Gasteiger charge is -2.27. The number of aromatic nitrogens is 1. The van der Waals surface area contributed by atoms with Crippen molar-refractivity contribution >= 4 is 0 Å². The van der Waals surface area contributed by atoms with E-state index < -0.39 is 0 Å². The predicted octanol–water partition coefficient (Wildman–Crippen LogP) is 3.85. The summed E-state index contributed by atoms with van der Waals surface area (Å²) in [4.78, 5) is 4.06. The number of nitrogens with zero attached hydrogens (tertiary/aromatic N) is 1. The fourth-order valence-electron chi connectivity index (χ4n) is 3.48. The van der Waals surface area contributed by atoms with Crippen LogP contribution in [-0.2, 0) is 12.8 Å². The van der Waals surface area contributed by atoms with Crippen LogP contribution in [0.15, 0.2) is 48.8 Å². The van der Waals surface area contributed by atoms with E-state index in [1.54, 1.807) is 5.56 Å². The molecule has 110 valence electrons. The van der Waals surface area contributed by atoms with E-state index in [1.807, 2.05) is 12.4 Å². The van der Waals surface area contributed by atoms with Crippen molar-refractivity contribution in [3.63, 3.8) is 0 Å². The number of rotatable bonds is 5. The van der Waals surface area contributed by atoms with Gasteiger partial charge in [-0.05, 0) is 73.3 Å². The van der Waals surface area contributed by atoms with Crippen molar-refractivity contribution in [2.24, 2.45) is 5.73 Å². The van der Waals surface area contributed by atoms with Gasteiger partial charge in [0.25, 0.3) is 0 Å². The van der Waals surface area contributed by atoms with Crippen molar-refractivity contribution in [1.82, 2.24) is 4.98 Å². The van der Waals surface area contributed by atoms with Crippen LogP contribution < -0.4 is 5.73 Å². The first-order chi connectivity index (χ1) is 10.3. The Labute approximate surface area is 127 Å². The van der Waals surface area contributed by atoms with Gasteiger partial charge in [-0.1, -0.05) is 24.3 Å². The van der Waals surface area contributed by atoms with E-state index in [1.165, 1.54) is 30.4 Å². The lowest BCUT2D eigenvalue weighted by atomic mass is 9.79. The molecule has 21 heavy (non-hydrogen) atoms. The van der Waals surface area contributed by atoms with Crippen LogP contribution in [0.25, 0.3) is 0 Å². The number of hydrogen-bond donors (Lipinski definition) is 1. The fraction of sp³-hybridized carbons (Fsp3) is 0.421. The van der Waals surface area contributed by atoms with Gasteiger partial charge in [0.1, 0.15) is 0 Å². The van der Waals surface area contributed by atoms with E-state index in [0.717, 1.165) is 19.3 Å². The summed E-state index contributed by atoms with van der Waals surface area (Å²) < 4.78 is 0. The number of hydrogen-bond acceptors (Lipinski definition) is 2. The Kier molecular flexibility index (Phi) is 4.66. The van der Waals surface area contributed by atoms with Crippen LogP contribution in [-0.4, -0.2) is 11.0 Å². The molecule has 0 aliphatic heterocycles. The largest absolute Gasteiger partial charge is 0.328 e. The third kappa shape index (κ3) is 3.70. The van der Waals surface area contributed by atoms with Crippen LogP contribution in [0, 0.1) is 0 Å². The summed E-state index contributed by atoms with van der Waals surface area (Å²) in [5, 5.41) is 0.